The minimum Gasteiger partial charge on any atom is -0.436 e. The number of pyridine rings is 1. The zero-order valence-corrected chi connectivity index (χ0v) is 10.9. The van der Waals surface area contributed by atoms with Gasteiger partial charge in [0.1, 0.15) is 5.75 Å². The van der Waals surface area contributed by atoms with Crippen molar-refractivity contribution in [3.05, 3.63) is 52.4 Å². The van der Waals surface area contributed by atoms with Crippen molar-refractivity contribution >= 4 is 17.9 Å². The molecule has 2 rings (SSSR count). The van der Waals surface area contributed by atoms with E-state index in [-0.39, 0.29) is 11.3 Å². The Morgan fingerprint density at radius 3 is 2.52 bits per heavy atom. The summed E-state index contributed by atoms with van der Waals surface area (Å²) in [5.74, 6) is -1.80. The van der Waals surface area contributed by atoms with Gasteiger partial charge in [0.05, 0.1) is 10.6 Å². The van der Waals surface area contributed by atoms with Crippen molar-refractivity contribution in [2.45, 2.75) is 6.18 Å². The molecule has 8 heteroatoms. The molecule has 1 aromatic carbocycles. The van der Waals surface area contributed by atoms with Gasteiger partial charge in [-0.15, -0.1) is 0 Å². The van der Waals surface area contributed by atoms with Crippen LogP contribution < -0.4 is 4.74 Å². The monoisotopic (exact) mass is 319 g/mol. The SMILES string of the molecule is O=Cc1cnc(Oc2ccc(Cl)c(C(F)(F)F)c2)c(F)c1. The topological polar surface area (TPSA) is 39.2 Å². The zero-order valence-electron chi connectivity index (χ0n) is 10.1. The second-order valence-corrected chi connectivity index (χ2v) is 4.32. The van der Waals surface area contributed by atoms with E-state index in [1.807, 2.05) is 0 Å². The van der Waals surface area contributed by atoms with Crippen LogP contribution in [0.25, 0.3) is 0 Å². The molecule has 0 bridgehead atoms. The molecule has 2 aromatic rings. The molecule has 1 aromatic heterocycles. The quantitative estimate of drug-likeness (QED) is 0.618. The number of carbonyl (C=O) groups excluding carboxylic acids is 1. The lowest BCUT2D eigenvalue weighted by Gasteiger charge is -2.11. The summed E-state index contributed by atoms with van der Waals surface area (Å²) < 4.78 is 56.5. The summed E-state index contributed by atoms with van der Waals surface area (Å²) in [6.07, 6.45) is -3.25. The number of ether oxygens (including phenoxy) is 1. The fraction of sp³-hybridized carbons (Fsp3) is 0.0769. The molecule has 0 spiro atoms. The van der Waals surface area contributed by atoms with Crippen molar-refractivity contribution in [2.75, 3.05) is 0 Å². The molecule has 0 fully saturated rings. The number of hydrogen-bond acceptors (Lipinski definition) is 3. The van der Waals surface area contributed by atoms with Crippen LogP contribution in [-0.4, -0.2) is 11.3 Å². The van der Waals surface area contributed by atoms with Gasteiger partial charge in [-0.3, -0.25) is 4.79 Å². The first-order valence-electron chi connectivity index (χ1n) is 5.46. The lowest BCUT2D eigenvalue weighted by molar-refractivity contribution is -0.137. The maximum absolute atomic E-state index is 13.5. The summed E-state index contributed by atoms with van der Waals surface area (Å²) in [4.78, 5) is 13.9. The van der Waals surface area contributed by atoms with Crippen LogP contribution in [0.2, 0.25) is 5.02 Å². The Balaban J connectivity index is 2.34. The third-order valence-electron chi connectivity index (χ3n) is 2.42. The van der Waals surface area contributed by atoms with E-state index in [0.29, 0.717) is 12.4 Å². The molecule has 110 valence electrons. The molecule has 0 amide bonds. The standard InChI is InChI=1S/C13H6ClF4NO2/c14-10-2-1-8(4-9(10)13(16,17)18)21-12-11(15)3-7(6-20)5-19-12/h1-6H. The minimum atomic E-state index is -4.66. The molecular weight excluding hydrogens is 314 g/mol. The second-order valence-electron chi connectivity index (χ2n) is 3.91. The Kier molecular flexibility index (Phi) is 4.13. The molecule has 0 aliphatic carbocycles. The predicted octanol–water partition coefficient (Wildman–Crippen LogP) is 4.50. The number of hydrogen-bond donors (Lipinski definition) is 0. The number of halogens is 5. The van der Waals surface area contributed by atoms with Crippen LogP contribution >= 0.6 is 11.6 Å². The van der Waals surface area contributed by atoms with E-state index in [2.05, 4.69) is 4.98 Å². The van der Waals surface area contributed by atoms with Gasteiger partial charge in [-0.2, -0.15) is 13.2 Å². The van der Waals surface area contributed by atoms with Crippen LogP contribution in [0.15, 0.2) is 30.5 Å². The number of carbonyl (C=O) groups is 1. The van der Waals surface area contributed by atoms with Crippen molar-refractivity contribution < 1.29 is 27.1 Å². The Bertz CT molecular complexity index is 688. The number of rotatable bonds is 3. The predicted molar refractivity (Wildman–Crippen MR) is 66.1 cm³/mol. The fourth-order valence-corrected chi connectivity index (χ4v) is 1.70. The summed E-state index contributed by atoms with van der Waals surface area (Å²) >= 11 is 5.45. The smallest absolute Gasteiger partial charge is 0.417 e. The van der Waals surface area contributed by atoms with Crippen LogP contribution in [0.5, 0.6) is 11.6 Å². The number of benzene rings is 1. The number of aldehydes is 1. The molecule has 3 nitrogen and oxygen atoms in total. The average molecular weight is 320 g/mol. The van der Waals surface area contributed by atoms with E-state index in [1.165, 1.54) is 0 Å². The van der Waals surface area contributed by atoms with E-state index in [1.54, 1.807) is 0 Å². The second kappa shape index (κ2) is 5.69. The first-order chi connectivity index (χ1) is 9.81. The van der Waals surface area contributed by atoms with E-state index in [9.17, 15) is 22.4 Å². The van der Waals surface area contributed by atoms with Crippen molar-refractivity contribution in [1.29, 1.82) is 0 Å². The van der Waals surface area contributed by atoms with E-state index in [4.69, 9.17) is 16.3 Å². The van der Waals surface area contributed by atoms with Gasteiger partial charge in [-0.25, -0.2) is 9.37 Å². The van der Waals surface area contributed by atoms with Crippen LogP contribution in [-0.2, 0) is 6.18 Å². The first-order valence-corrected chi connectivity index (χ1v) is 5.84. The summed E-state index contributed by atoms with van der Waals surface area (Å²) in [5.41, 5.74) is -1.13. The molecule has 21 heavy (non-hydrogen) atoms. The van der Waals surface area contributed by atoms with Crippen LogP contribution in [0.4, 0.5) is 17.6 Å². The highest BCUT2D eigenvalue weighted by atomic mass is 35.5. The summed E-state index contributed by atoms with van der Waals surface area (Å²) in [7, 11) is 0. The largest absolute Gasteiger partial charge is 0.436 e. The number of alkyl halides is 3. The molecule has 0 radical (unpaired) electrons. The number of nitrogens with zero attached hydrogens (tertiary/aromatic N) is 1. The highest BCUT2D eigenvalue weighted by Crippen LogP contribution is 2.37. The minimum absolute atomic E-state index is 0.0214. The van der Waals surface area contributed by atoms with Gasteiger partial charge >= 0.3 is 6.18 Å². The van der Waals surface area contributed by atoms with Crippen LogP contribution in [0.1, 0.15) is 15.9 Å². The maximum atomic E-state index is 13.5. The molecular formula is C13H6ClF4NO2. The lowest BCUT2D eigenvalue weighted by atomic mass is 10.2. The Labute approximate surface area is 121 Å². The molecule has 0 N–H and O–H groups in total. The maximum Gasteiger partial charge on any atom is 0.417 e. The Morgan fingerprint density at radius 2 is 1.95 bits per heavy atom. The third kappa shape index (κ3) is 3.49. The third-order valence-corrected chi connectivity index (χ3v) is 2.75. The fourth-order valence-electron chi connectivity index (χ4n) is 1.48. The zero-order chi connectivity index (χ0) is 15.6. The van der Waals surface area contributed by atoms with Gasteiger partial charge in [-0.1, -0.05) is 11.6 Å². The highest BCUT2D eigenvalue weighted by molar-refractivity contribution is 6.31. The van der Waals surface area contributed by atoms with Gasteiger partial charge in [0.2, 0.25) is 0 Å². The van der Waals surface area contributed by atoms with Crippen molar-refractivity contribution in [1.82, 2.24) is 4.98 Å². The van der Waals surface area contributed by atoms with Gasteiger partial charge in [0.25, 0.3) is 5.88 Å². The normalized spacial score (nSPS) is 11.3. The molecule has 0 saturated heterocycles. The summed E-state index contributed by atoms with van der Waals surface area (Å²) in [6.45, 7) is 0. The molecule has 0 aliphatic rings. The van der Waals surface area contributed by atoms with E-state index in [0.717, 1.165) is 24.4 Å². The lowest BCUT2D eigenvalue weighted by Crippen LogP contribution is -2.06. The van der Waals surface area contributed by atoms with Crippen LogP contribution in [0, 0.1) is 5.82 Å². The van der Waals surface area contributed by atoms with E-state index >= 15 is 0 Å². The van der Waals surface area contributed by atoms with Crippen molar-refractivity contribution in [3.8, 4) is 11.6 Å². The molecule has 0 saturated carbocycles. The molecule has 0 atom stereocenters. The average Bonchev–Trinajstić information content (AvgIpc) is 2.41. The van der Waals surface area contributed by atoms with Crippen LogP contribution in [0.3, 0.4) is 0 Å². The summed E-state index contributed by atoms with van der Waals surface area (Å²) in [6, 6.07) is 3.62. The van der Waals surface area contributed by atoms with Gasteiger partial charge in [-0.05, 0) is 24.3 Å². The van der Waals surface area contributed by atoms with Crippen molar-refractivity contribution in [2.24, 2.45) is 0 Å². The Morgan fingerprint density at radius 1 is 1.24 bits per heavy atom. The number of aromatic nitrogens is 1. The molecule has 1 heterocycles. The summed E-state index contributed by atoms with van der Waals surface area (Å²) in [5, 5.41) is -0.500. The van der Waals surface area contributed by atoms with Gasteiger partial charge in [0, 0.05) is 11.8 Å². The molecule has 0 unspecified atom stereocenters. The Hall–Kier alpha value is -2.15. The highest BCUT2D eigenvalue weighted by Gasteiger charge is 2.33. The van der Waals surface area contributed by atoms with Gasteiger partial charge in [0.15, 0.2) is 12.1 Å². The molecule has 0 aliphatic heterocycles. The van der Waals surface area contributed by atoms with E-state index < -0.39 is 28.5 Å². The van der Waals surface area contributed by atoms with Crippen molar-refractivity contribution in [3.63, 3.8) is 0 Å². The first kappa shape index (κ1) is 15.2. The van der Waals surface area contributed by atoms with Gasteiger partial charge < -0.3 is 4.74 Å².